The van der Waals surface area contributed by atoms with E-state index in [4.69, 9.17) is 0 Å². The van der Waals surface area contributed by atoms with E-state index in [2.05, 4.69) is 72.4 Å². The fraction of sp³-hybridized carbons (Fsp3) is 0.724. The van der Waals surface area contributed by atoms with Gasteiger partial charge >= 0.3 is 0 Å². The van der Waals surface area contributed by atoms with Crippen molar-refractivity contribution in [3.63, 3.8) is 0 Å². The maximum atomic E-state index is 10.1. The molecular weight excluding hydrogens is 364 g/mol. The van der Waals surface area contributed by atoms with E-state index in [0.29, 0.717) is 17.3 Å². The van der Waals surface area contributed by atoms with Crippen molar-refractivity contribution in [3.05, 3.63) is 47.6 Å². The van der Waals surface area contributed by atoms with E-state index in [1.54, 1.807) is 5.57 Å². The van der Waals surface area contributed by atoms with Crippen LogP contribution < -0.4 is 0 Å². The summed E-state index contributed by atoms with van der Waals surface area (Å²) in [5, 5.41) is 10.1. The molecule has 0 heterocycles. The molecule has 0 unspecified atom stereocenters. The van der Waals surface area contributed by atoms with Gasteiger partial charge in [-0.1, -0.05) is 83.6 Å². The van der Waals surface area contributed by atoms with E-state index in [1.807, 2.05) is 0 Å². The highest BCUT2D eigenvalue weighted by Crippen LogP contribution is 2.59. The van der Waals surface area contributed by atoms with Crippen LogP contribution in [0.5, 0.6) is 0 Å². The first-order chi connectivity index (χ1) is 14.0. The van der Waals surface area contributed by atoms with Crippen molar-refractivity contribution in [3.8, 4) is 0 Å². The third-order valence-corrected chi connectivity index (χ3v) is 9.18. The van der Waals surface area contributed by atoms with Crippen LogP contribution in [0, 0.1) is 34.5 Å². The molecule has 168 valence electrons. The minimum Gasteiger partial charge on any atom is -0.393 e. The Morgan fingerprint density at radius 1 is 1.10 bits per heavy atom. The van der Waals surface area contributed by atoms with E-state index in [1.165, 1.54) is 43.3 Å². The van der Waals surface area contributed by atoms with Crippen LogP contribution >= 0.6 is 0 Å². The predicted octanol–water partition coefficient (Wildman–Crippen LogP) is 8.03. The number of hydrogen-bond acceptors (Lipinski definition) is 1. The zero-order valence-electron chi connectivity index (χ0n) is 20.5. The Kier molecular flexibility index (Phi) is 7.22. The minimum atomic E-state index is -0.185. The van der Waals surface area contributed by atoms with Gasteiger partial charge in [-0.25, -0.2) is 0 Å². The molecule has 1 N–H and O–H groups in total. The van der Waals surface area contributed by atoms with Crippen molar-refractivity contribution >= 4 is 0 Å². The lowest BCUT2D eigenvalue weighted by Crippen LogP contribution is -2.35. The Morgan fingerprint density at radius 2 is 1.83 bits per heavy atom. The molecule has 0 saturated heterocycles. The summed E-state index contributed by atoms with van der Waals surface area (Å²) in [4.78, 5) is 0. The molecule has 1 nitrogen and oxygen atoms in total. The zero-order chi connectivity index (χ0) is 22.1. The highest BCUT2D eigenvalue weighted by Gasteiger charge is 2.50. The van der Waals surface area contributed by atoms with E-state index >= 15 is 0 Å². The van der Waals surface area contributed by atoms with Crippen molar-refractivity contribution < 1.29 is 5.11 Å². The molecule has 0 amide bonds. The molecule has 5 atom stereocenters. The predicted molar refractivity (Wildman–Crippen MR) is 130 cm³/mol. The average Bonchev–Trinajstić information content (AvgIpc) is 3.04. The van der Waals surface area contributed by atoms with E-state index in [-0.39, 0.29) is 11.5 Å². The van der Waals surface area contributed by atoms with Gasteiger partial charge in [0.1, 0.15) is 0 Å². The quantitative estimate of drug-likeness (QED) is 0.455. The number of fused-ring (bicyclic) bond motifs is 1. The normalized spacial score (nSPS) is 36.8. The highest BCUT2D eigenvalue weighted by atomic mass is 16.3. The summed E-state index contributed by atoms with van der Waals surface area (Å²) in [5.41, 5.74) is 4.86. The van der Waals surface area contributed by atoms with Crippen LogP contribution in [0.15, 0.2) is 47.6 Å². The number of aliphatic hydroxyl groups is 1. The molecule has 3 aliphatic rings. The first-order valence-electron chi connectivity index (χ1n) is 12.5. The largest absolute Gasteiger partial charge is 0.393 e. The number of rotatable bonds is 5. The summed E-state index contributed by atoms with van der Waals surface area (Å²) < 4.78 is 0. The Labute approximate surface area is 186 Å². The van der Waals surface area contributed by atoms with Crippen molar-refractivity contribution in [2.75, 3.05) is 0 Å². The number of allylic oxidation sites excluding steroid dienone is 6. The standard InChI is InChI=1S/C29H46O/c1-20(2)28(5,6)18-16-22(4)26-14-15-27-23(9-8-17-29(26,27)7)11-12-24-19-25(30)13-10-21(24)3/h11-12,16,18,20,22,25-27,30H,3,8-10,13-15,17,19H2,1-2,4-7H3/b18-16+,23-11+,24-12-/t22-,25+,26-,27+,29-/m1/s1. The molecule has 3 aliphatic carbocycles. The molecule has 1 heteroatoms. The molecular formula is C29H46O. The van der Waals surface area contributed by atoms with Crippen molar-refractivity contribution in [1.29, 1.82) is 0 Å². The molecule has 3 saturated carbocycles. The molecule has 3 fully saturated rings. The fourth-order valence-corrected chi connectivity index (χ4v) is 6.26. The van der Waals surface area contributed by atoms with Gasteiger partial charge < -0.3 is 5.11 Å². The third-order valence-electron chi connectivity index (χ3n) is 9.18. The second-order valence-electron chi connectivity index (χ2n) is 11.7. The van der Waals surface area contributed by atoms with Crippen molar-refractivity contribution in [2.24, 2.45) is 34.5 Å². The van der Waals surface area contributed by atoms with Crippen LogP contribution in [0.2, 0.25) is 0 Å². The van der Waals surface area contributed by atoms with Gasteiger partial charge in [0.05, 0.1) is 6.10 Å². The molecule has 0 aromatic rings. The van der Waals surface area contributed by atoms with Gasteiger partial charge in [-0.2, -0.15) is 0 Å². The lowest BCUT2D eigenvalue weighted by Gasteiger charge is -2.44. The van der Waals surface area contributed by atoms with Gasteiger partial charge in [-0.3, -0.25) is 0 Å². The molecule has 0 aliphatic heterocycles. The maximum absolute atomic E-state index is 10.1. The van der Waals surface area contributed by atoms with E-state index < -0.39 is 0 Å². The monoisotopic (exact) mass is 410 g/mol. The second-order valence-corrected chi connectivity index (χ2v) is 11.7. The topological polar surface area (TPSA) is 20.2 Å². The smallest absolute Gasteiger partial charge is 0.0583 e. The highest BCUT2D eigenvalue weighted by molar-refractivity contribution is 5.36. The summed E-state index contributed by atoms with van der Waals surface area (Å²) in [6.07, 6.45) is 18.8. The van der Waals surface area contributed by atoms with Gasteiger partial charge in [0.15, 0.2) is 0 Å². The van der Waals surface area contributed by atoms with Gasteiger partial charge in [-0.05, 0) is 91.4 Å². The van der Waals surface area contributed by atoms with Gasteiger partial charge in [-0.15, -0.1) is 0 Å². The Morgan fingerprint density at radius 3 is 2.53 bits per heavy atom. The first kappa shape index (κ1) is 23.6. The summed E-state index contributed by atoms with van der Waals surface area (Å²) in [6, 6.07) is 0. The maximum Gasteiger partial charge on any atom is 0.0583 e. The van der Waals surface area contributed by atoms with Crippen molar-refractivity contribution in [2.45, 2.75) is 99.0 Å². The van der Waals surface area contributed by atoms with Crippen LogP contribution in [-0.4, -0.2) is 11.2 Å². The Hall–Kier alpha value is -1.08. The van der Waals surface area contributed by atoms with E-state index in [9.17, 15) is 5.11 Å². The molecule has 0 spiro atoms. The summed E-state index contributed by atoms with van der Waals surface area (Å²) in [7, 11) is 0. The molecule has 30 heavy (non-hydrogen) atoms. The lowest BCUT2D eigenvalue weighted by molar-refractivity contribution is 0.111. The molecule has 3 rings (SSSR count). The Balaban J connectivity index is 1.76. The van der Waals surface area contributed by atoms with Crippen LogP contribution in [0.4, 0.5) is 0 Å². The molecule has 0 bridgehead atoms. The molecule has 0 aromatic carbocycles. The van der Waals surface area contributed by atoms with Gasteiger partial charge in [0.25, 0.3) is 0 Å². The SMILES string of the molecule is C=C1CC[C@H](O)C/C1=C/C=C1\CCC[C@]2(C)[C@@H]([C@H](C)/C=C/C(C)(C)C(C)C)CC[C@@H]12. The van der Waals surface area contributed by atoms with Crippen LogP contribution in [0.1, 0.15) is 92.9 Å². The molecule has 0 aromatic heterocycles. The lowest BCUT2D eigenvalue weighted by atomic mass is 9.61. The van der Waals surface area contributed by atoms with Crippen LogP contribution in [-0.2, 0) is 0 Å². The third kappa shape index (κ3) is 4.87. The molecule has 0 radical (unpaired) electrons. The van der Waals surface area contributed by atoms with Gasteiger partial charge in [0.2, 0.25) is 0 Å². The van der Waals surface area contributed by atoms with Gasteiger partial charge in [0, 0.05) is 0 Å². The number of aliphatic hydroxyl groups excluding tert-OH is 1. The number of hydrogen-bond donors (Lipinski definition) is 1. The Bertz CT molecular complexity index is 719. The second kappa shape index (κ2) is 9.19. The zero-order valence-corrected chi connectivity index (χ0v) is 20.5. The van der Waals surface area contributed by atoms with Crippen LogP contribution in [0.3, 0.4) is 0 Å². The van der Waals surface area contributed by atoms with Crippen molar-refractivity contribution in [1.82, 2.24) is 0 Å². The fourth-order valence-electron chi connectivity index (χ4n) is 6.26. The summed E-state index contributed by atoms with van der Waals surface area (Å²) in [5.74, 6) is 2.82. The van der Waals surface area contributed by atoms with Crippen LogP contribution in [0.25, 0.3) is 0 Å². The first-order valence-corrected chi connectivity index (χ1v) is 12.5. The minimum absolute atomic E-state index is 0.185. The summed E-state index contributed by atoms with van der Waals surface area (Å²) >= 11 is 0. The summed E-state index contributed by atoms with van der Waals surface area (Å²) in [6.45, 7) is 18.7. The van der Waals surface area contributed by atoms with E-state index in [0.717, 1.165) is 31.1 Å². The average molecular weight is 411 g/mol.